The van der Waals surface area contributed by atoms with Crippen molar-refractivity contribution in [1.29, 1.82) is 0 Å². The Bertz CT molecular complexity index is 549. The molecule has 1 atom stereocenters. The molecule has 0 saturated carbocycles. The Hall–Kier alpha value is -2.01. The molecule has 2 aromatic rings. The van der Waals surface area contributed by atoms with Crippen molar-refractivity contribution < 1.29 is 14.6 Å². The van der Waals surface area contributed by atoms with Gasteiger partial charge in [0, 0.05) is 24.2 Å². The zero-order valence-electron chi connectivity index (χ0n) is 11.3. The van der Waals surface area contributed by atoms with Gasteiger partial charge in [0.05, 0.1) is 26.9 Å². The molecule has 1 unspecified atom stereocenters. The summed E-state index contributed by atoms with van der Waals surface area (Å²) in [5.74, 6) is 1.27. The fourth-order valence-corrected chi connectivity index (χ4v) is 2.08. The van der Waals surface area contributed by atoms with Gasteiger partial charge < -0.3 is 19.1 Å². The van der Waals surface area contributed by atoms with Crippen molar-refractivity contribution in [3.8, 4) is 11.5 Å². The highest BCUT2D eigenvalue weighted by molar-refractivity contribution is 5.42. The molecule has 102 valence electrons. The van der Waals surface area contributed by atoms with Gasteiger partial charge in [0.1, 0.15) is 5.69 Å². The Morgan fingerprint density at radius 3 is 2.74 bits per heavy atom. The predicted molar refractivity (Wildman–Crippen MR) is 71.5 cm³/mol. The molecule has 2 heterocycles. The standard InChI is InChI=1S/C14H18N2O3/c1-10(17)12-5-4-8-16(12)9-11-14(19-3)13(18-2)6-7-15-11/h4-8,10,17H,9H2,1-3H3. The van der Waals surface area contributed by atoms with Crippen LogP contribution in [0.1, 0.15) is 24.4 Å². The first kappa shape index (κ1) is 13.4. The third-order valence-corrected chi connectivity index (χ3v) is 2.98. The summed E-state index contributed by atoms with van der Waals surface area (Å²) in [7, 11) is 3.19. The molecule has 2 aromatic heterocycles. The molecule has 0 amide bonds. The summed E-state index contributed by atoms with van der Waals surface area (Å²) in [6, 6.07) is 5.54. The molecule has 0 aliphatic carbocycles. The molecule has 19 heavy (non-hydrogen) atoms. The third kappa shape index (κ3) is 2.71. The molecule has 1 N–H and O–H groups in total. The number of hydrogen-bond acceptors (Lipinski definition) is 4. The van der Waals surface area contributed by atoms with Crippen molar-refractivity contribution in [2.24, 2.45) is 0 Å². The summed E-state index contributed by atoms with van der Waals surface area (Å²) in [5, 5.41) is 9.70. The van der Waals surface area contributed by atoms with Crippen molar-refractivity contribution in [2.75, 3.05) is 14.2 Å². The third-order valence-electron chi connectivity index (χ3n) is 2.98. The van der Waals surface area contributed by atoms with Crippen LogP contribution in [0.5, 0.6) is 11.5 Å². The van der Waals surface area contributed by atoms with Crippen LogP contribution in [0, 0.1) is 0 Å². The largest absolute Gasteiger partial charge is 0.493 e. The van der Waals surface area contributed by atoms with Gasteiger partial charge in [-0.1, -0.05) is 0 Å². The number of rotatable bonds is 5. The van der Waals surface area contributed by atoms with E-state index in [1.807, 2.05) is 22.9 Å². The van der Waals surface area contributed by atoms with Gasteiger partial charge in [0.2, 0.25) is 0 Å². The fraction of sp³-hybridized carbons (Fsp3) is 0.357. The van der Waals surface area contributed by atoms with Crippen LogP contribution in [0.3, 0.4) is 0 Å². The van der Waals surface area contributed by atoms with Gasteiger partial charge in [-0.15, -0.1) is 0 Å². The lowest BCUT2D eigenvalue weighted by atomic mass is 10.2. The molecule has 0 spiro atoms. The first-order valence-corrected chi connectivity index (χ1v) is 6.06. The van der Waals surface area contributed by atoms with Crippen molar-refractivity contribution in [3.63, 3.8) is 0 Å². The molecule has 0 aromatic carbocycles. The van der Waals surface area contributed by atoms with Gasteiger partial charge in [0.25, 0.3) is 0 Å². The maximum atomic E-state index is 9.70. The molecule has 5 nitrogen and oxygen atoms in total. The maximum absolute atomic E-state index is 9.70. The van der Waals surface area contributed by atoms with Gasteiger partial charge in [-0.25, -0.2) is 0 Å². The first-order chi connectivity index (χ1) is 9.17. The zero-order valence-corrected chi connectivity index (χ0v) is 11.3. The minimum Gasteiger partial charge on any atom is -0.493 e. The summed E-state index contributed by atoms with van der Waals surface area (Å²) >= 11 is 0. The first-order valence-electron chi connectivity index (χ1n) is 6.06. The Balaban J connectivity index is 2.35. The Morgan fingerprint density at radius 1 is 1.32 bits per heavy atom. The number of hydrogen-bond donors (Lipinski definition) is 1. The van der Waals surface area contributed by atoms with Crippen molar-refractivity contribution in [3.05, 3.63) is 42.0 Å². The highest BCUT2D eigenvalue weighted by Gasteiger charge is 2.14. The summed E-state index contributed by atoms with van der Waals surface area (Å²) < 4.78 is 12.5. The highest BCUT2D eigenvalue weighted by Crippen LogP contribution is 2.30. The quantitative estimate of drug-likeness (QED) is 0.895. The van der Waals surface area contributed by atoms with Crippen LogP contribution in [0.4, 0.5) is 0 Å². The van der Waals surface area contributed by atoms with E-state index in [-0.39, 0.29) is 0 Å². The number of aromatic nitrogens is 2. The van der Waals surface area contributed by atoms with E-state index in [0.717, 1.165) is 11.4 Å². The number of methoxy groups -OCH3 is 2. The smallest absolute Gasteiger partial charge is 0.184 e. The highest BCUT2D eigenvalue weighted by atomic mass is 16.5. The van der Waals surface area contributed by atoms with E-state index >= 15 is 0 Å². The van der Waals surface area contributed by atoms with Crippen LogP contribution in [0.2, 0.25) is 0 Å². The van der Waals surface area contributed by atoms with Crippen LogP contribution >= 0.6 is 0 Å². The average molecular weight is 262 g/mol. The van der Waals surface area contributed by atoms with Crippen LogP contribution in [0.25, 0.3) is 0 Å². The van der Waals surface area contributed by atoms with Crippen LogP contribution in [-0.2, 0) is 6.54 Å². The summed E-state index contributed by atoms with van der Waals surface area (Å²) in [4.78, 5) is 4.33. The van der Waals surface area contributed by atoms with E-state index in [1.165, 1.54) is 0 Å². The zero-order chi connectivity index (χ0) is 13.8. The summed E-state index contributed by atoms with van der Waals surface area (Å²) in [5.41, 5.74) is 1.60. The molecule has 0 radical (unpaired) electrons. The number of aliphatic hydroxyl groups is 1. The molecule has 0 aliphatic heterocycles. The van der Waals surface area contributed by atoms with Gasteiger partial charge in [0.15, 0.2) is 11.5 Å². The lowest BCUT2D eigenvalue weighted by Gasteiger charge is -2.14. The van der Waals surface area contributed by atoms with Gasteiger partial charge in [-0.05, 0) is 19.1 Å². The van der Waals surface area contributed by atoms with E-state index in [9.17, 15) is 5.11 Å². The monoisotopic (exact) mass is 262 g/mol. The molecule has 0 bridgehead atoms. The van der Waals surface area contributed by atoms with Gasteiger partial charge in [-0.3, -0.25) is 4.98 Å². The fourth-order valence-electron chi connectivity index (χ4n) is 2.08. The number of nitrogens with zero attached hydrogens (tertiary/aromatic N) is 2. The molecular formula is C14H18N2O3. The molecule has 5 heteroatoms. The predicted octanol–water partition coefficient (Wildman–Crippen LogP) is 2.00. The number of pyridine rings is 1. The van der Waals surface area contributed by atoms with Crippen LogP contribution in [0.15, 0.2) is 30.6 Å². The molecule has 0 saturated heterocycles. The van der Waals surface area contributed by atoms with E-state index in [1.54, 1.807) is 33.4 Å². The maximum Gasteiger partial charge on any atom is 0.184 e. The van der Waals surface area contributed by atoms with Crippen LogP contribution < -0.4 is 9.47 Å². The summed E-state index contributed by atoms with van der Waals surface area (Å²) in [6.07, 6.45) is 3.07. The topological polar surface area (TPSA) is 56.5 Å². The molecule has 2 rings (SSSR count). The number of ether oxygens (including phenoxy) is 2. The Labute approximate surface area is 112 Å². The van der Waals surface area contributed by atoms with Crippen molar-refractivity contribution in [2.45, 2.75) is 19.6 Å². The second-order valence-corrected chi connectivity index (χ2v) is 4.23. The Kier molecular flexibility index (Phi) is 4.06. The van der Waals surface area contributed by atoms with E-state index in [4.69, 9.17) is 9.47 Å². The van der Waals surface area contributed by atoms with Crippen molar-refractivity contribution >= 4 is 0 Å². The van der Waals surface area contributed by atoms with Gasteiger partial charge >= 0.3 is 0 Å². The van der Waals surface area contributed by atoms with Crippen LogP contribution in [-0.4, -0.2) is 28.9 Å². The normalized spacial score (nSPS) is 12.2. The molecule has 0 fully saturated rings. The lowest BCUT2D eigenvalue weighted by Crippen LogP contribution is -2.08. The SMILES string of the molecule is COc1ccnc(Cn2cccc2C(C)O)c1OC. The summed E-state index contributed by atoms with van der Waals surface area (Å²) in [6.45, 7) is 2.26. The lowest BCUT2D eigenvalue weighted by molar-refractivity contribution is 0.189. The van der Waals surface area contributed by atoms with E-state index in [0.29, 0.717) is 18.0 Å². The second kappa shape index (κ2) is 5.75. The average Bonchev–Trinajstić information content (AvgIpc) is 2.86. The van der Waals surface area contributed by atoms with E-state index < -0.39 is 6.10 Å². The van der Waals surface area contributed by atoms with E-state index in [2.05, 4.69) is 4.98 Å². The van der Waals surface area contributed by atoms with Gasteiger partial charge in [-0.2, -0.15) is 0 Å². The Morgan fingerprint density at radius 2 is 2.11 bits per heavy atom. The molecule has 0 aliphatic rings. The number of aliphatic hydroxyl groups excluding tert-OH is 1. The minimum atomic E-state index is -0.522. The van der Waals surface area contributed by atoms with Crippen molar-refractivity contribution in [1.82, 2.24) is 9.55 Å². The molecular weight excluding hydrogens is 244 g/mol. The second-order valence-electron chi connectivity index (χ2n) is 4.23. The minimum absolute atomic E-state index is 0.521.